The Morgan fingerprint density at radius 2 is 2.26 bits per heavy atom. The fourth-order valence-corrected chi connectivity index (χ4v) is 2.97. The highest BCUT2D eigenvalue weighted by Gasteiger charge is 2.20. The maximum atomic E-state index is 4.19. The zero-order chi connectivity index (χ0) is 13.7. The Kier molecular flexibility index (Phi) is 5.34. The first-order chi connectivity index (χ1) is 9.20. The number of likely N-dealkylation sites (tertiary alicyclic amines) is 1. The molecule has 5 nitrogen and oxygen atoms in total. The van der Waals surface area contributed by atoms with E-state index < -0.39 is 0 Å². The molecule has 1 fully saturated rings. The number of nitrogens with zero attached hydrogens (tertiary/aromatic N) is 4. The van der Waals surface area contributed by atoms with Crippen LogP contribution in [0.3, 0.4) is 0 Å². The third-order valence-corrected chi connectivity index (χ3v) is 3.98. The Bertz CT molecular complexity index is 376. The second kappa shape index (κ2) is 7.01. The van der Waals surface area contributed by atoms with Crippen LogP contribution in [0.1, 0.15) is 51.4 Å². The molecule has 2 rings (SSSR count). The predicted octanol–water partition coefficient (Wildman–Crippen LogP) is 1.73. The normalized spacial score (nSPS) is 23.2. The van der Waals surface area contributed by atoms with Gasteiger partial charge in [-0.1, -0.05) is 6.92 Å². The molecule has 19 heavy (non-hydrogen) atoms. The Labute approximate surface area is 116 Å². The summed E-state index contributed by atoms with van der Waals surface area (Å²) in [7, 11) is 2.00. The lowest BCUT2D eigenvalue weighted by atomic mass is 10.1. The zero-order valence-electron chi connectivity index (χ0n) is 12.5. The quantitative estimate of drug-likeness (QED) is 0.881. The molecule has 0 aliphatic carbocycles. The molecule has 1 aliphatic heterocycles. The zero-order valence-corrected chi connectivity index (χ0v) is 12.5. The largest absolute Gasteiger partial charge is 0.319 e. The summed E-state index contributed by atoms with van der Waals surface area (Å²) in [5, 5.41) is 11.9. The van der Waals surface area contributed by atoms with E-state index in [1.165, 1.54) is 45.3 Å². The number of nitrogens with one attached hydrogen (secondary N) is 1. The van der Waals surface area contributed by atoms with Crippen molar-refractivity contribution in [3.63, 3.8) is 0 Å². The minimum Gasteiger partial charge on any atom is -0.319 e. The van der Waals surface area contributed by atoms with Gasteiger partial charge in [0.15, 0.2) is 0 Å². The summed E-state index contributed by atoms with van der Waals surface area (Å²) < 4.78 is 2.00. The molecule has 1 saturated heterocycles. The lowest BCUT2D eigenvalue weighted by molar-refractivity contribution is 0.281. The summed E-state index contributed by atoms with van der Waals surface area (Å²) in [6.07, 6.45) is 6.82. The minimum absolute atomic E-state index is 0.273. The Balaban J connectivity index is 1.84. The van der Waals surface area contributed by atoms with Gasteiger partial charge in [0.2, 0.25) is 0 Å². The van der Waals surface area contributed by atoms with Crippen molar-refractivity contribution in [3.05, 3.63) is 12.2 Å². The first-order valence-corrected chi connectivity index (χ1v) is 7.53. The predicted molar refractivity (Wildman–Crippen MR) is 76.9 cm³/mol. The standard InChI is InChI=1S/C14H27N5/c1-4-8-19-9-5-6-13(7-10-19)16-12(2)14-17-15-11-18(14)3/h11-13,16H,4-10H2,1-3H3. The van der Waals surface area contributed by atoms with E-state index in [9.17, 15) is 0 Å². The van der Waals surface area contributed by atoms with Gasteiger partial charge in [0.1, 0.15) is 12.2 Å². The van der Waals surface area contributed by atoms with Crippen molar-refractivity contribution in [2.75, 3.05) is 19.6 Å². The van der Waals surface area contributed by atoms with Crippen molar-refractivity contribution < 1.29 is 0 Å². The summed E-state index contributed by atoms with van der Waals surface area (Å²) >= 11 is 0. The molecule has 0 radical (unpaired) electrons. The van der Waals surface area contributed by atoms with Crippen LogP contribution in [-0.2, 0) is 7.05 Å². The van der Waals surface area contributed by atoms with Crippen LogP contribution in [-0.4, -0.2) is 45.3 Å². The molecule has 0 saturated carbocycles. The van der Waals surface area contributed by atoms with Crippen LogP contribution < -0.4 is 5.32 Å². The number of aryl methyl sites for hydroxylation is 1. The van der Waals surface area contributed by atoms with Gasteiger partial charge >= 0.3 is 0 Å². The molecular formula is C14H27N5. The van der Waals surface area contributed by atoms with Gasteiger partial charge in [0.25, 0.3) is 0 Å². The fraction of sp³-hybridized carbons (Fsp3) is 0.857. The molecule has 0 spiro atoms. The molecule has 2 heterocycles. The Hall–Kier alpha value is -0.940. The van der Waals surface area contributed by atoms with Gasteiger partial charge in [-0.05, 0) is 52.2 Å². The van der Waals surface area contributed by atoms with Crippen molar-refractivity contribution in [2.45, 2.75) is 51.6 Å². The summed E-state index contributed by atoms with van der Waals surface area (Å²) in [6, 6.07) is 0.879. The smallest absolute Gasteiger partial charge is 0.149 e. The van der Waals surface area contributed by atoms with Gasteiger partial charge in [-0.2, -0.15) is 0 Å². The highest BCUT2D eigenvalue weighted by Crippen LogP contribution is 2.16. The molecular weight excluding hydrogens is 238 g/mol. The number of hydrogen-bond acceptors (Lipinski definition) is 4. The fourth-order valence-electron chi connectivity index (χ4n) is 2.97. The molecule has 1 aromatic heterocycles. The van der Waals surface area contributed by atoms with Crippen LogP contribution in [0.4, 0.5) is 0 Å². The van der Waals surface area contributed by atoms with Gasteiger partial charge < -0.3 is 14.8 Å². The summed E-state index contributed by atoms with van der Waals surface area (Å²) in [6.45, 7) is 8.16. The average molecular weight is 265 g/mol. The first-order valence-electron chi connectivity index (χ1n) is 7.53. The van der Waals surface area contributed by atoms with Crippen molar-refractivity contribution in [1.82, 2.24) is 25.0 Å². The molecule has 2 unspecified atom stereocenters. The third-order valence-electron chi connectivity index (χ3n) is 3.98. The highest BCUT2D eigenvalue weighted by atomic mass is 15.3. The minimum atomic E-state index is 0.273. The molecule has 0 aromatic carbocycles. The van der Waals surface area contributed by atoms with E-state index in [-0.39, 0.29) is 6.04 Å². The summed E-state index contributed by atoms with van der Waals surface area (Å²) in [5.41, 5.74) is 0. The molecule has 1 N–H and O–H groups in total. The average Bonchev–Trinajstić information content (AvgIpc) is 2.69. The van der Waals surface area contributed by atoms with Crippen LogP contribution in [0, 0.1) is 0 Å². The summed E-state index contributed by atoms with van der Waals surface area (Å²) in [4.78, 5) is 2.59. The number of rotatable bonds is 5. The van der Waals surface area contributed by atoms with E-state index in [1.54, 1.807) is 6.33 Å². The number of aromatic nitrogens is 3. The molecule has 2 atom stereocenters. The Morgan fingerprint density at radius 1 is 1.42 bits per heavy atom. The van der Waals surface area contributed by atoms with Gasteiger partial charge in [0, 0.05) is 13.1 Å². The van der Waals surface area contributed by atoms with Gasteiger partial charge in [-0.3, -0.25) is 0 Å². The maximum Gasteiger partial charge on any atom is 0.149 e. The van der Waals surface area contributed by atoms with E-state index in [0.29, 0.717) is 6.04 Å². The highest BCUT2D eigenvalue weighted by molar-refractivity contribution is 4.93. The van der Waals surface area contributed by atoms with Gasteiger partial charge in [-0.15, -0.1) is 10.2 Å². The van der Waals surface area contributed by atoms with Crippen molar-refractivity contribution in [3.8, 4) is 0 Å². The van der Waals surface area contributed by atoms with Crippen molar-refractivity contribution in [2.24, 2.45) is 7.05 Å². The molecule has 0 bridgehead atoms. The van der Waals surface area contributed by atoms with Crippen LogP contribution in [0.25, 0.3) is 0 Å². The van der Waals surface area contributed by atoms with Crippen LogP contribution in [0.15, 0.2) is 6.33 Å². The second-order valence-electron chi connectivity index (χ2n) is 5.66. The van der Waals surface area contributed by atoms with Crippen LogP contribution >= 0.6 is 0 Å². The topological polar surface area (TPSA) is 46.0 Å². The second-order valence-corrected chi connectivity index (χ2v) is 5.66. The van der Waals surface area contributed by atoms with E-state index >= 15 is 0 Å². The van der Waals surface area contributed by atoms with Gasteiger partial charge in [0.05, 0.1) is 6.04 Å². The van der Waals surface area contributed by atoms with Crippen LogP contribution in [0.2, 0.25) is 0 Å². The SMILES string of the molecule is CCCN1CCCC(NC(C)c2nncn2C)CC1. The maximum absolute atomic E-state index is 4.19. The lowest BCUT2D eigenvalue weighted by Crippen LogP contribution is -2.34. The first kappa shape index (κ1) is 14.5. The molecule has 0 amide bonds. The van der Waals surface area contributed by atoms with E-state index in [4.69, 9.17) is 0 Å². The summed E-state index contributed by atoms with van der Waals surface area (Å²) in [5.74, 6) is 1.02. The van der Waals surface area contributed by atoms with E-state index in [0.717, 1.165) is 5.82 Å². The number of hydrogen-bond donors (Lipinski definition) is 1. The molecule has 1 aromatic rings. The molecule has 1 aliphatic rings. The van der Waals surface area contributed by atoms with E-state index in [2.05, 4.69) is 34.3 Å². The van der Waals surface area contributed by atoms with Crippen molar-refractivity contribution in [1.29, 1.82) is 0 Å². The van der Waals surface area contributed by atoms with Crippen LogP contribution in [0.5, 0.6) is 0 Å². The third kappa shape index (κ3) is 4.01. The van der Waals surface area contributed by atoms with E-state index in [1.807, 2.05) is 11.6 Å². The lowest BCUT2D eigenvalue weighted by Gasteiger charge is -2.22. The Morgan fingerprint density at radius 3 is 2.95 bits per heavy atom. The van der Waals surface area contributed by atoms with Gasteiger partial charge in [-0.25, -0.2) is 0 Å². The molecule has 108 valence electrons. The molecule has 5 heteroatoms. The van der Waals surface area contributed by atoms with Crippen molar-refractivity contribution >= 4 is 0 Å². The monoisotopic (exact) mass is 265 g/mol.